The predicted molar refractivity (Wildman–Crippen MR) is 74.4 cm³/mol. The maximum absolute atomic E-state index is 3.86. The third kappa shape index (κ3) is 3.45. The van der Waals surface area contributed by atoms with Crippen molar-refractivity contribution in [3.05, 3.63) is 0 Å². The fourth-order valence-corrected chi connectivity index (χ4v) is 3.52. The van der Waals surface area contributed by atoms with Gasteiger partial charge in [0.25, 0.3) is 0 Å². The van der Waals surface area contributed by atoms with Crippen molar-refractivity contribution < 1.29 is 0 Å². The molecule has 2 rings (SSSR count). The summed E-state index contributed by atoms with van der Waals surface area (Å²) in [5.74, 6) is 0. The van der Waals surface area contributed by atoms with E-state index in [4.69, 9.17) is 0 Å². The molecule has 1 atom stereocenters. The van der Waals surface area contributed by atoms with Gasteiger partial charge in [-0.15, -0.1) is 0 Å². The molecule has 0 bridgehead atoms. The van der Waals surface area contributed by atoms with E-state index < -0.39 is 0 Å². The Kier molecular flexibility index (Phi) is 4.87. The highest BCUT2D eigenvalue weighted by Gasteiger charge is 2.38. The molecule has 1 N–H and O–H groups in total. The first-order chi connectivity index (χ1) is 8.26. The molecule has 1 saturated carbocycles. The summed E-state index contributed by atoms with van der Waals surface area (Å²) in [5.41, 5.74) is 0.483. The Morgan fingerprint density at radius 2 is 1.94 bits per heavy atom. The van der Waals surface area contributed by atoms with Gasteiger partial charge in [0.15, 0.2) is 0 Å². The SMILES string of the molecule is CCCCCN1CC2(CCCCC2)NCC1C. The fraction of sp³-hybridized carbons (Fsp3) is 1.00. The zero-order chi connectivity index (χ0) is 12.1. The topological polar surface area (TPSA) is 15.3 Å². The molecule has 0 radical (unpaired) electrons. The van der Waals surface area contributed by atoms with E-state index in [1.165, 1.54) is 71.0 Å². The number of rotatable bonds is 4. The van der Waals surface area contributed by atoms with Crippen LogP contribution in [0, 0.1) is 0 Å². The normalized spacial score (nSPS) is 29.6. The van der Waals surface area contributed by atoms with E-state index in [1.54, 1.807) is 0 Å². The average molecular weight is 238 g/mol. The van der Waals surface area contributed by atoms with Crippen LogP contribution in [-0.4, -0.2) is 36.1 Å². The highest BCUT2D eigenvalue weighted by molar-refractivity contribution is 4.98. The van der Waals surface area contributed by atoms with Gasteiger partial charge in [0.1, 0.15) is 0 Å². The molecule has 0 aromatic carbocycles. The van der Waals surface area contributed by atoms with Crippen molar-refractivity contribution >= 4 is 0 Å². The summed E-state index contributed by atoms with van der Waals surface area (Å²) in [4.78, 5) is 2.75. The van der Waals surface area contributed by atoms with Gasteiger partial charge in [-0.1, -0.05) is 39.0 Å². The fourth-order valence-electron chi connectivity index (χ4n) is 3.52. The van der Waals surface area contributed by atoms with Crippen LogP contribution in [0.2, 0.25) is 0 Å². The van der Waals surface area contributed by atoms with Gasteiger partial charge in [0, 0.05) is 24.7 Å². The van der Waals surface area contributed by atoms with Crippen LogP contribution < -0.4 is 5.32 Å². The number of nitrogens with zero attached hydrogens (tertiary/aromatic N) is 1. The molecule has 2 nitrogen and oxygen atoms in total. The monoisotopic (exact) mass is 238 g/mol. The molecule has 0 amide bonds. The molecule has 17 heavy (non-hydrogen) atoms. The van der Waals surface area contributed by atoms with E-state index in [2.05, 4.69) is 24.1 Å². The Labute approximate surface area is 107 Å². The second kappa shape index (κ2) is 6.19. The summed E-state index contributed by atoms with van der Waals surface area (Å²) in [6, 6.07) is 0.736. The van der Waals surface area contributed by atoms with Crippen LogP contribution in [0.3, 0.4) is 0 Å². The average Bonchev–Trinajstić information content (AvgIpc) is 2.35. The molecule has 0 aromatic rings. The smallest absolute Gasteiger partial charge is 0.0309 e. The van der Waals surface area contributed by atoms with E-state index in [0.29, 0.717) is 5.54 Å². The summed E-state index contributed by atoms with van der Waals surface area (Å²) in [5, 5.41) is 3.86. The van der Waals surface area contributed by atoms with Crippen LogP contribution in [0.1, 0.15) is 65.2 Å². The molecule has 1 saturated heterocycles. The van der Waals surface area contributed by atoms with Crippen LogP contribution >= 0.6 is 0 Å². The molecule has 1 heterocycles. The number of hydrogen-bond donors (Lipinski definition) is 1. The van der Waals surface area contributed by atoms with E-state index in [-0.39, 0.29) is 0 Å². The zero-order valence-electron chi connectivity index (χ0n) is 11.8. The van der Waals surface area contributed by atoms with Gasteiger partial charge < -0.3 is 5.32 Å². The Bertz CT molecular complexity index is 221. The standard InChI is InChI=1S/C15H30N2/c1-3-4-8-11-17-13-15(16-12-14(17)2)9-6-5-7-10-15/h14,16H,3-13H2,1-2H3. The number of unbranched alkanes of at least 4 members (excludes halogenated alkanes) is 2. The lowest BCUT2D eigenvalue weighted by atomic mass is 9.79. The van der Waals surface area contributed by atoms with Crippen molar-refractivity contribution in [2.45, 2.75) is 76.8 Å². The minimum absolute atomic E-state index is 0.483. The molecule has 1 aliphatic heterocycles. The highest BCUT2D eigenvalue weighted by Crippen LogP contribution is 2.31. The Morgan fingerprint density at radius 3 is 2.65 bits per heavy atom. The van der Waals surface area contributed by atoms with Crippen LogP contribution in [0.15, 0.2) is 0 Å². The van der Waals surface area contributed by atoms with Crippen molar-refractivity contribution in [3.63, 3.8) is 0 Å². The van der Waals surface area contributed by atoms with Crippen LogP contribution in [0.5, 0.6) is 0 Å². The first kappa shape index (κ1) is 13.4. The molecular weight excluding hydrogens is 208 g/mol. The summed E-state index contributed by atoms with van der Waals surface area (Å²) in [6.07, 6.45) is 11.3. The molecular formula is C15H30N2. The van der Waals surface area contributed by atoms with Crippen LogP contribution in [0.4, 0.5) is 0 Å². The summed E-state index contributed by atoms with van der Waals surface area (Å²) in [7, 11) is 0. The minimum Gasteiger partial charge on any atom is -0.308 e. The van der Waals surface area contributed by atoms with E-state index in [9.17, 15) is 0 Å². The summed E-state index contributed by atoms with van der Waals surface area (Å²) < 4.78 is 0. The Hall–Kier alpha value is -0.0800. The maximum atomic E-state index is 3.86. The van der Waals surface area contributed by atoms with Crippen molar-refractivity contribution in [1.29, 1.82) is 0 Å². The minimum atomic E-state index is 0.483. The van der Waals surface area contributed by atoms with E-state index in [0.717, 1.165) is 6.04 Å². The van der Waals surface area contributed by atoms with Crippen LogP contribution in [0.25, 0.3) is 0 Å². The second-order valence-electron chi connectivity index (χ2n) is 6.25. The first-order valence-electron chi connectivity index (χ1n) is 7.75. The van der Waals surface area contributed by atoms with Gasteiger partial charge in [-0.25, -0.2) is 0 Å². The quantitative estimate of drug-likeness (QED) is 0.757. The second-order valence-corrected chi connectivity index (χ2v) is 6.25. The van der Waals surface area contributed by atoms with Gasteiger partial charge in [0.05, 0.1) is 0 Å². The van der Waals surface area contributed by atoms with E-state index >= 15 is 0 Å². The van der Waals surface area contributed by atoms with Gasteiger partial charge in [-0.05, 0) is 32.7 Å². The third-order valence-electron chi connectivity index (χ3n) is 4.76. The molecule has 1 unspecified atom stereocenters. The predicted octanol–water partition coefficient (Wildman–Crippen LogP) is 3.17. The summed E-state index contributed by atoms with van der Waals surface area (Å²) in [6.45, 7) is 8.50. The molecule has 2 heteroatoms. The molecule has 2 aliphatic rings. The molecule has 1 spiro atoms. The van der Waals surface area contributed by atoms with Gasteiger partial charge in [0.2, 0.25) is 0 Å². The Morgan fingerprint density at radius 1 is 1.18 bits per heavy atom. The van der Waals surface area contributed by atoms with Gasteiger partial charge >= 0.3 is 0 Å². The number of nitrogens with one attached hydrogen (secondary N) is 1. The number of piperazine rings is 1. The van der Waals surface area contributed by atoms with Crippen molar-refractivity contribution in [3.8, 4) is 0 Å². The lowest BCUT2D eigenvalue weighted by Crippen LogP contribution is -2.64. The lowest BCUT2D eigenvalue weighted by molar-refractivity contribution is 0.0616. The zero-order valence-corrected chi connectivity index (χ0v) is 11.8. The summed E-state index contributed by atoms with van der Waals surface area (Å²) >= 11 is 0. The molecule has 0 aromatic heterocycles. The van der Waals surface area contributed by atoms with E-state index in [1.807, 2.05) is 0 Å². The van der Waals surface area contributed by atoms with Gasteiger partial charge in [-0.3, -0.25) is 4.90 Å². The largest absolute Gasteiger partial charge is 0.308 e. The van der Waals surface area contributed by atoms with Crippen molar-refractivity contribution in [1.82, 2.24) is 10.2 Å². The van der Waals surface area contributed by atoms with Gasteiger partial charge in [-0.2, -0.15) is 0 Å². The third-order valence-corrected chi connectivity index (χ3v) is 4.76. The number of hydrogen-bond acceptors (Lipinski definition) is 2. The Balaban J connectivity index is 1.86. The first-order valence-corrected chi connectivity index (χ1v) is 7.75. The highest BCUT2D eigenvalue weighted by atomic mass is 15.2. The van der Waals surface area contributed by atoms with Crippen LogP contribution in [-0.2, 0) is 0 Å². The lowest BCUT2D eigenvalue weighted by Gasteiger charge is -2.49. The van der Waals surface area contributed by atoms with Crippen molar-refractivity contribution in [2.75, 3.05) is 19.6 Å². The molecule has 2 fully saturated rings. The maximum Gasteiger partial charge on any atom is 0.0309 e. The molecule has 1 aliphatic carbocycles. The molecule has 100 valence electrons. The van der Waals surface area contributed by atoms with Crippen molar-refractivity contribution in [2.24, 2.45) is 0 Å².